The molecular formula is C20H31F. The Morgan fingerprint density at radius 1 is 0.905 bits per heavy atom. The molecule has 0 aromatic rings. The summed E-state index contributed by atoms with van der Waals surface area (Å²) < 4.78 is 13.3. The second-order valence-electron chi connectivity index (χ2n) is 7.67. The Morgan fingerprint density at radius 2 is 1.62 bits per heavy atom. The van der Waals surface area contributed by atoms with E-state index < -0.39 is 6.17 Å². The second kappa shape index (κ2) is 7.11. The molecule has 0 amide bonds. The van der Waals surface area contributed by atoms with E-state index in [1.165, 1.54) is 44.9 Å². The van der Waals surface area contributed by atoms with Crippen LogP contribution in [0.15, 0.2) is 24.3 Å². The molecule has 0 saturated heterocycles. The van der Waals surface area contributed by atoms with Gasteiger partial charge in [0.1, 0.15) is 6.17 Å². The fourth-order valence-corrected chi connectivity index (χ4v) is 4.95. The van der Waals surface area contributed by atoms with Crippen molar-refractivity contribution in [1.82, 2.24) is 0 Å². The van der Waals surface area contributed by atoms with Gasteiger partial charge in [-0.1, -0.05) is 17.7 Å². The Kier molecular flexibility index (Phi) is 5.19. The summed E-state index contributed by atoms with van der Waals surface area (Å²) >= 11 is 0. The average Bonchev–Trinajstić information content (AvgIpc) is 2.56. The van der Waals surface area contributed by atoms with Crippen molar-refractivity contribution in [3.63, 3.8) is 0 Å². The Labute approximate surface area is 129 Å². The van der Waals surface area contributed by atoms with Gasteiger partial charge in [0.15, 0.2) is 0 Å². The standard InChI is InChI=1S/C20H31F/c1-2-15-3-5-16(6-4-15)17-7-9-18(10-8-17)19-11-13-20(21)14-12-19/h2,9,15-17,19-20H,1,3-8,10-14H2. The summed E-state index contributed by atoms with van der Waals surface area (Å²) in [7, 11) is 0. The third-order valence-corrected chi connectivity index (χ3v) is 6.48. The van der Waals surface area contributed by atoms with Gasteiger partial charge in [0.05, 0.1) is 0 Å². The van der Waals surface area contributed by atoms with E-state index >= 15 is 0 Å². The van der Waals surface area contributed by atoms with Gasteiger partial charge in [0, 0.05) is 0 Å². The molecule has 1 unspecified atom stereocenters. The summed E-state index contributed by atoms with van der Waals surface area (Å²) in [5.74, 6) is 3.39. The first-order chi connectivity index (χ1) is 10.3. The van der Waals surface area contributed by atoms with Crippen molar-refractivity contribution in [2.24, 2.45) is 23.7 Å². The maximum atomic E-state index is 13.3. The van der Waals surface area contributed by atoms with Gasteiger partial charge in [0.2, 0.25) is 0 Å². The van der Waals surface area contributed by atoms with E-state index in [4.69, 9.17) is 0 Å². The molecule has 3 rings (SSSR count). The molecule has 3 aliphatic carbocycles. The highest BCUT2D eigenvalue weighted by molar-refractivity contribution is 5.12. The normalized spacial score (nSPS) is 41.4. The predicted octanol–water partition coefficient (Wildman–Crippen LogP) is 6.23. The van der Waals surface area contributed by atoms with Gasteiger partial charge in [-0.25, -0.2) is 4.39 Å². The van der Waals surface area contributed by atoms with Crippen molar-refractivity contribution < 1.29 is 4.39 Å². The smallest absolute Gasteiger partial charge is 0.100 e. The minimum Gasteiger partial charge on any atom is -0.247 e. The number of rotatable bonds is 3. The Hall–Kier alpha value is -0.590. The monoisotopic (exact) mass is 290 g/mol. The highest BCUT2D eigenvalue weighted by atomic mass is 19.1. The minimum atomic E-state index is -0.516. The third-order valence-electron chi connectivity index (χ3n) is 6.48. The van der Waals surface area contributed by atoms with Gasteiger partial charge < -0.3 is 0 Å². The molecule has 3 aliphatic rings. The van der Waals surface area contributed by atoms with Crippen LogP contribution < -0.4 is 0 Å². The van der Waals surface area contributed by atoms with Crippen LogP contribution in [0.3, 0.4) is 0 Å². The molecule has 0 heterocycles. The molecule has 0 aromatic heterocycles. The quantitative estimate of drug-likeness (QED) is 0.540. The van der Waals surface area contributed by atoms with E-state index in [1.54, 1.807) is 5.57 Å². The number of allylic oxidation sites excluding steroid dienone is 3. The van der Waals surface area contributed by atoms with Crippen LogP contribution in [0.4, 0.5) is 4.39 Å². The molecule has 2 saturated carbocycles. The molecule has 0 radical (unpaired) electrons. The highest BCUT2D eigenvalue weighted by Gasteiger charge is 2.30. The Balaban J connectivity index is 1.49. The van der Waals surface area contributed by atoms with E-state index in [0.29, 0.717) is 0 Å². The number of alkyl halides is 1. The molecule has 1 heteroatoms. The molecule has 0 nitrogen and oxygen atoms in total. The van der Waals surface area contributed by atoms with Crippen LogP contribution in [-0.2, 0) is 0 Å². The summed E-state index contributed by atoms with van der Waals surface area (Å²) in [6.07, 6.45) is 17.6. The number of halogens is 1. The first-order valence-electron chi connectivity index (χ1n) is 9.21. The second-order valence-corrected chi connectivity index (χ2v) is 7.67. The van der Waals surface area contributed by atoms with Crippen LogP contribution in [-0.4, -0.2) is 6.17 Å². The first kappa shape index (κ1) is 15.3. The number of hydrogen-bond acceptors (Lipinski definition) is 0. The van der Waals surface area contributed by atoms with Gasteiger partial charge in [0.25, 0.3) is 0 Å². The molecule has 1 atom stereocenters. The largest absolute Gasteiger partial charge is 0.247 e. The van der Waals surface area contributed by atoms with Crippen molar-refractivity contribution in [2.45, 2.75) is 76.8 Å². The van der Waals surface area contributed by atoms with Gasteiger partial charge >= 0.3 is 0 Å². The lowest BCUT2D eigenvalue weighted by Gasteiger charge is -2.36. The maximum absolute atomic E-state index is 13.3. The van der Waals surface area contributed by atoms with E-state index in [0.717, 1.165) is 49.4 Å². The van der Waals surface area contributed by atoms with Gasteiger partial charge in [-0.3, -0.25) is 0 Å². The summed E-state index contributed by atoms with van der Waals surface area (Å²) in [4.78, 5) is 0. The van der Waals surface area contributed by atoms with Crippen molar-refractivity contribution >= 4 is 0 Å². The van der Waals surface area contributed by atoms with Crippen LogP contribution in [0.25, 0.3) is 0 Å². The molecule has 118 valence electrons. The molecule has 0 spiro atoms. The van der Waals surface area contributed by atoms with E-state index in [1.807, 2.05) is 0 Å². The van der Waals surface area contributed by atoms with Crippen LogP contribution in [0.2, 0.25) is 0 Å². The maximum Gasteiger partial charge on any atom is 0.100 e. The van der Waals surface area contributed by atoms with E-state index in [2.05, 4.69) is 18.7 Å². The molecule has 21 heavy (non-hydrogen) atoms. The van der Waals surface area contributed by atoms with Crippen LogP contribution >= 0.6 is 0 Å². The summed E-state index contributed by atoms with van der Waals surface area (Å²) in [6.45, 7) is 3.95. The van der Waals surface area contributed by atoms with E-state index in [9.17, 15) is 4.39 Å². The van der Waals surface area contributed by atoms with Gasteiger partial charge in [-0.2, -0.15) is 0 Å². The Bertz CT molecular complexity index is 367. The molecule has 2 fully saturated rings. The molecule has 0 aromatic carbocycles. The SMILES string of the molecule is C=CC1CCC(C2CC=C(C3CCC(F)CC3)CC2)CC1. The highest BCUT2D eigenvalue weighted by Crippen LogP contribution is 2.42. The Morgan fingerprint density at radius 3 is 2.19 bits per heavy atom. The lowest BCUT2D eigenvalue weighted by atomic mass is 9.69. The lowest BCUT2D eigenvalue weighted by Crippen LogP contribution is -2.24. The zero-order chi connectivity index (χ0) is 14.7. The molecule has 0 bridgehead atoms. The predicted molar refractivity (Wildman–Crippen MR) is 87.9 cm³/mol. The lowest BCUT2D eigenvalue weighted by molar-refractivity contribution is 0.196. The van der Waals surface area contributed by atoms with Gasteiger partial charge in [-0.05, 0) is 94.3 Å². The summed E-state index contributed by atoms with van der Waals surface area (Å²) in [5, 5.41) is 0. The van der Waals surface area contributed by atoms with Crippen LogP contribution in [0, 0.1) is 23.7 Å². The van der Waals surface area contributed by atoms with Crippen molar-refractivity contribution in [2.75, 3.05) is 0 Å². The average molecular weight is 290 g/mol. The van der Waals surface area contributed by atoms with Crippen molar-refractivity contribution in [3.05, 3.63) is 24.3 Å². The summed E-state index contributed by atoms with van der Waals surface area (Å²) in [5.41, 5.74) is 1.68. The van der Waals surface area contributed by atoms with E-state index in [-0.39, 0.29) is 0 Å². The fraction of sp³-hybridized carbons (Fsp3) is 0.800. The zero-order valence-corrected chi connectivity index (χ0v) is 13.4. The van der Waals surface area contributed by atoms with Crippen LogP contribution in [0.1, 0.15) is 70.6 Å². The van der Waals surface area contributed by atoms with Gasteiger partial charge in [-0.15, -0.1) is 6.58 Å². The number of hydrogen-bond donors (Lipinski definition) is 0. The minimum absolute atomic E-state index is 0.516. The molecular weight excluding hydrogens is 259 g/mol. The topological polar surface area (TPSA) is 0 Å². The third kappa shape index (κ3) is 3.79. The fourth-order valence-electron chi connectivity index (χ4n) is 4.95. The molecule has 0 N–H and O–H groups in total. The summed E-state index contributed by atoms with van der Waals surface area (Å²) in [6, 6.07) is 0. The van der Waals surface area contributed by atoms with Crippen LogP contribution in [0.5, 0.6) is 0 Å². The molecule has 0 aliphatic heterocycles. The zero-order valence-electron chi connectivity index (χ0n) is 13.4. The van der Waals surface area contributed by atoms with Crippen molar-refractivity contribution in [3.8, 4) is 0 Å². The first-order valence-corrected chi connectivity index (χ1v) is 9.21. The van der Waals surface area contributed by atoms with Crippen molar-refractivity contribution in [1.29, 1.82) is 0 Å².